The van der Waals surface area contributed by atoms with Gasteiger partial charge >= 0.3 is 6.18 Å². The van der Waals surface area contributed by atoms with E-state index in [2.05, 4.69) is 4.98 Å². The highest BCUT2D eigenvalue weighted by atomic mass is 35.5. The molecule has 2 rings (SSSR count). The van der Waals surface area contributed by atoms with E-state index in [9.17, 15) is 13.2 Å². The molecule has 0 aliphatic heterocycles. The Labute approximate surface area is 123 Å². The summed E-state index contributed by atoms with van der Waals surface area (Å²) < 4.78 is 37.5. The summed E-state index contributed by atoms with van der Waals surface area (Å²) in [7, 11) is 0. The number of nitrogens with zero attached hydrogens (tertiary/aromatic N) is 1. The van der Waals surface area contributed by atoms with E-state index in [-0.39, 0.29) is 5.69 Å². The van der Waals surface area contributed by atoms with Crippen molar-refractivity contribution < 1.29 is 13.2 Å². The molecule has 0 aliphatic carbocycles. The molecular formula is C13H10ClF3N2S. The zero-order chi connectivity index (χ0) is 14.8. The van der Waals surface area contributed by atoms with E-state index < -0.39 is 11.7 Å². The number of nitrogen functional groups attached to an aromatic ring is 1. The summed E-state index contributed by atoms with van der Waals surface area (Å²) in [5, 5.41) is 0.396. The van der Waals surface area contributed by atoms with E-state index in [4.69, 9.17) is 17.3 Å². The Bertz CT molecular complexity index is 600. The number of hydrogen-bond donors (Lipinski definition) is 1. The Morgan fingerprint density at radius 3 is 2.50 bits per heavy atom. The van der Waals surface area contributed by atoms with Crippen molar-refractivity contribution in [2.45, 2.75) is 16.8 Å². The molecule has 0 aliphatic rings. The van der Waals surface area contributed by atoms with Crippen LogP contribution >= 0.6 is 23.4 Å². The Hall–Kier alpha value is -1.40. The number of aromatic nitrogens is 1. The Balaban J connectivity index is 2.08. The van der Waals surface area contributed by atoms with Gasteiger partial charge in [0.05, 0.1) is 5.56 Å². The van der Waals surface area contributed by atoms with Gasteiger partial charge in [0.2, 0.25) is 0 Å². The van der Waals surface area contributed by atoms with Crippen molar-refractivity contribution in [3.05, 3.63) is 52.8 Å². The smallest absolute Gasteiger partial charge is 0.398 e. The highest BCUT2D eigenvalue weighted by Crippen LogP contribution is 2.35. The second kappa shape index (κ2) is 5.93. The summed E-state index contributed by atoms with van der Waals surface area (Å²) in [6, 6.07) is 6.82. The van der Waals surface area contributed by atoms with Crippen LogP contribution in [0.15, 0.2) is 41.4 Å². The van der Waals surface area contributed by atoms with Gasteiger partial charge in [-0.25, -0.2) is 4.98 Å². The molecule has 20 heavy (non-hydrogen) atoms. The van der Waals surface area contributed by atoms with E-state index in [1.165, 1.54) is 17.8 Å². The third-order valence-corrected chi connectivity index (χ3v) is 3.90. The van der Waals surface area contributed by atoms with Crippen LogP contribution in [0.1, 0.15) is 11.1 Å². The van der Waals surface area contributed by atoms with Gasteiger partial charge < -0.3 is 5.73 Å². The summed E-state index contributed by atoms with van der Waals surface area (Å²) >= 11 is 7.02. The lowest BCUT2D eigenvalue weighted by Gasteiger charge is -2.10. The van der Waals surface area contributed by atoms with E-state index in [1.807, 2.05) is 6.07 Å². The average Bonchev–Trinajstić information content (AvgIpc) is 2.38. The number of alkyl halides is 3. The van der Waals surface area contributed by atoms with Crippen LogP contribution in [0.5, 0.6) is 0 Å². The van der Waals surface area contributed by atoms with Crippen molar-refractivity contribution >= 4 is 29.1 Å². The van der Waals surface area contributed by atoms with Gasteiger partial charge in [0, 0.05) is 22.5 Å². The van der Waals surface area contributed by atoms with Crippen LogP contribution in [0.2, 0.25) is 5.15 Å². The number of benzene rings is 1. The lowest BCUT2D eigenvalue weighted by atomic mass is 10.2. The second-order valence-corrected chi connectivity index (χ2v) is 5.43. The maximum atomic E-state index is 12.5. The minimum atomic E-state index is -4.38. The van der Waals surface area contributed by atoms with Gasteiger partial charge in [-0.3, -0.25) is 0 Å². The van der Waals surface area contributed by atoms with Crippen LogP contribution < -0.4 is 5.73 Å². The van der Waals surface area contributed by atoms with Crippen LogP contribution in [0.4, 0.5) is 18.9 Å². The standard InChI is InChI=1S/C13H10ClF3N2S/c14-12-4-1-8(6-19-12)7-20-11-3-2-9(5-10(11)18)13(15,16)17/h1-6H,7,18H2. The third kappa shape index (κ3) is 3.80. The average molecular weight is 319 g/mol. The highest BCUT2D eigenvalue weighted by molar-refractivity contribution is 7.98. The first-order chi connectivity index (χ1) is 9.36. The van der Waals surface area contributed by atoms with Crippen LogP contribution in [0.3, 0.4) is 0 Å². The monoisotopic (exact) mass is 318 g/mol. The molecule has 0 unspecified atom stereocenters. The van der Waals surface area contributed by atoms with Gasteiger partial charge in [-0.15, -0.1) is 11.8 Å². The molecule has 0 fully saturated rings. The molecular weight excluding hydrogens is 309 g/mol. The van der Waals surface area contributed by atoms with Crippen molar-refractivity contribution in [3.8, 4) is 0 Å². The molecule has 2 N–H and O–H groups in total. The normalized spacial score (nSPS) is 11.6. The Morgan fingerprint density at radius 1 is 1.20 bits per heavy atom. The Morgan fingerprint density at radius 2 is 1.95 bits per heavy atom. The second-order valence-electron chi connectivity index (χ2n) is 4.03. The maximum absolute atomic E-state index is 12.5. The topological polar surface area (TPSA) is 38.9 Å². The van der Waals surface area contributed by atoms with Gasteiger partial charge in [0.25, 0.3) is 0 Å². The SMILES string of the molecule is Nc1cc(C(F)(F)F)ccc1SCc1ccc(Cl)nc1. The summed E-state index contributed by atoms with van der Waals surface area (Å²) in [6.07, 6.45) is -2.76. The summed E-state index contributed by atoms with van der Waals surface area (Å²) in [4.78, 5) is 4.54. The zero-order valence-corrected chi connectivity index (χ0v) is 11.7. The van der Waals surface area contributed by atoms with Crippen molar-refractivity contribution in [2.24, 2.45) is 0 Å². The summed E-state index contributed by atoms with van der Waals surface area (Å²) in [5.41, 5.74) is 5.94. The fourth-order valence-corrected chi connectivity index (χ4v) is 2.50. The highest BCUT2D eigenvalue weighted by Gasteiger charge is 2.30. The van der Waals surface area contributed by atoms with Gasteiger partial charge in [0.15, 0.2) is 0 Å². The molecule has 0 saturated heterocycles. The number of hydrogen-bond acceptors (Lipinski definition) is 3. The summed E-state index contributed by atoms with van der Waals surface area (Å²) in [5.74, 6) is 0.555. The molecule has 1 aromatic carbocycles. The molecule has 1 heterocycles. The van der Waals surface area contributed by atoms with Crippen LogP contribution in [0.25, 0.3) is 0 Å². The van der Waals surface area contributed by atoms with Gasteiger partial charge in [-0.05, 0) is 29.8 Å². The van der Waals surface area contributed by atoms with Crippen molar-refractivity contribution in [2.75, 3.05) is 5.73 Å². The molecule has 1 aromatic heterocycles. The molecule has 0 atom stereocenters. The number of anilines is 1. The quantitative estimate of drug-likeness (QED) is 0.509. The van der Waals surface area contributed by atoms with E-state index in [1.54, 1.807) is 12.3 Å². The molecule has 0 bridgehead atoms. The largest absolute Gasteiger partial charge is 0.416 e. The van der Waals surface area contributed by atoms with Crippen molar-refractivity contribution in [1.82, 2.24) is 4.98 Å². The minimum absolute atomic E-state index is 0.117. The molecule has 0 saturated carbocycles. The first kappa shape index (κ1) is 15.0. The minimum Gasteiger partial charge on any atom is -0.398 e. The summed E-state index contributed by atoms with van der Waals surface area (Å²) in [6.45, 7) is 0. The fraction of sp³-hybridized carbons (Fsp3) is 0.154. The number of rotatable bonds is 3. The number of halogens is 4. The first-order valence-corrected chi connectivity index (χ1v) is 6.92. The Kier molecular flexibility index (Phi) is 4.45. The fourth-order valence-electron chi connectivity index (χ4n) is 1.51. The van der Waals surface area contributed by atoms with Crippen LogP contribution in [0, 0.1) is 0 Å². The molecule has 0 spiro atoms. The number of thioether (sulfide) groups is 1. The van der Waals surface area contributed by atoms with E-state index in [0.29, 0.717) is 15.8 Å². The lowest BCUT2D eigenvalue weighted by molar-refractivity contribution is -0.137. The van der Waals surface area contributed by atoms with Crippen molar-refractivity contribution in [1.29, 1.82) is 0 Å². The molecule has 2 aromatic rings. The molecule has 0 amide bonds. The molecule has 106 valence electrons. The third-order valence-electron chi connectivity index (χ3n) is 2.52. The van der Waals surface area contributed by atoms with E-state index in [0.717, 1.165) is 17.7 Å². The van der Waals surface area contributed by atoms with E-state index >= 15 is 0 Å². The molecule has 7 heteroatoms. The van der Waals surface area contributed by atoms with Gasteiger partial charge in [0.1, 0.15) is 5.15 Å². The predicted molar refractivity (Wildman–Crippen MR) is 74.7 cm³/mol. The van der Waals surface area contributed by atoms with Gasteiger partial charge in [-0.2, -0.15) is 13.2 Å². The number of pyridine rings is 1. The van der Waals surface area contributed by atoms with Gasteiger partial charge in [-0.1, -0.05) is 17.7 Å². The van der Waals surface area contributed by atoms with Crippen molar-refractivity contribution in [3.63, 3.8) is 0 Å². The maximum Gasteiger partial charge on any atom is 0.416 e. The number of nitrogens with two attached hydrogens (primary N) is 1. The molecule has 2 nitrogen and oxygen atoms in total. The zero-order valence-electron chi connectivity index (χ0n) is 10.1. The van der Waals surface area contributed by atoms with Crippen LogP contribution in [-0.4, -0.2) is 4.98 Å². The molecule has 0 radical (unpaired) electrons. The lowest BCUT2D eigenvalue weighted by Crippen LogP contribution is -2.05. The predicted octanol–water partition coefficient (Wildman–Crippen LogP) is 4.63. The van der Waals surface area contributed by atoms with Crippen LogP contribution in [-0.2, 0) is 11.9 Å². The first-order valence-electron chi connectivity index (χ1n) is 5.56.